The molecule has 2 aromatic rings. The van der Waals surface area contributed by atoms with Crippen LogP contribution >= 0.6 is 0 Å². The molecule has 0 saturated heterocycles. The van der Waals surface area contributed by atoms with E-state index in [-0.39, 0.29) is 18.1 Å². The maximum Gasteiger partial charge on any atom is 0.419 e. The molecule has 0 bridgehead atoms. The summed E-state index contributed by atoms with van der Waals surface area (Å²) >= 11 is 0. The molecule has 2 heterocycles. The Bertz CT molecular complexity index is 780. The van der Waals surface area contributed by atoms with Crippen molar-refractivity contribution in [2.45, 2.75) is 84.3 Å². The molecule has 0 atom stereocenters. The molecule has 5 heteroatoms. The van der Waals surface area contributed by atoms with Crippen molar-refractivity contribution in [3.63, 3.8) is 0 Å². The van der Waals surface area contributed by atoms with Gasteiger partial charge in [-0.2, -0.15) is 0 Å². The minimum absolute atomic E-state index is 0.249. The molecule has 0 aromatic carbocycles. The first kappa shape index (κ1) is 18.7. The van der Waals surface area contributed by atoms with Crippen molar-refractivity contribution in [3.8, 4) is 5.88 Å². The van der Waals surface area contributed by atoms with Crippen molar-refractivity contribution < 1.29 is 14.3 Å². The molecule has 0 unspecified atom stereocenters. The van der Waals surface area contributed by atoms with E-state index in [4.69, 9.17) is 14.5 Å². The standard InChI is InChI=1S/C21H30N2O3/c1-14(2)16-13-23(20(24)26-21(3,4)5)17-11-12-18(22-19(16)17)25-15-9-7-6-8-10-15/h11-15H,6-10H2,1-5H3. The topological polar surface area (TPSA) is 53.4 Å². The number of hydrogen-bond acceptors (Lipinski definition) is 4. The minimum atomic E-state index is -0.539. The fourth-order valence-corrected chi connectivity index (χ4v) is 3.41. The van der Waals surface area contributed by atoms with Gasteiger partial charge in [0.25, 0.3) is 0 Å². The van der Waals surface area contributed by atoms with Crippen molar-refractivity contribution >= 4 is 17.1 Å². The largest absolute Gasteiger partial charge is 0.474 e. The van der Waals surface area contributed by atoms with E-state index in [1.165, 1.54) is 19.3 Å². The number of hydrogen-bond donors (Lipinski definition) is 0. The first-order valence-electron chi connectivity index (χ1n) is 9.66. The lowest BCUT2D eigenvalue weighted by Gasteiger charge is -2.22. The first-order valence-corrected chi connectivity index (χ1v) is 9.66. The summed E-state index contributed by atoms with van der Waals surface area (Å²) in [6, 6.07) is 3.78. The summed E-state index contributed by atoms with van der Waals surface area (Å²) in [4.78, 5) is 17.3. The smallest absolute Gasteiger partial charge is 0.419 e. The Labute approximate surface area is 155 Å². The molecule has 0 spiro atoms. The van der Waals surface area contributed by atoms with Gasteiger partial charge in [0.2, 0.25) is 5.88 Å². The Hall–Kier alpha value is -2.04. The summed E-state index contributed by atoms with van der Waals surface area (Å²) < 4.78 is 13.2. The molecule has 2 aromatic heterocycles. The van der Waals surface area contributed by atoms with Crippen LogP contribution in [0.15, 0.2) is 18.3 Å². The molecule has 3 rings (SSSR count). The van der Waals surface area contributed by atoms with Gasteiger partial charge in [0.1, 0.15) is 11.7 Å². The second-order valence-electron chi connectivity index (χ2n) is 8.48. The molecule has 0 amide bonds. The fourth-order valence-electron chi connectivity index (χ4n) is 3.41. The van der Waals surface area contributed by atoms with Crippen LogP contribution in [0.4, 0.5) is 4.79 Å². The zero-order chi connectivity index (χ0) is 18.9. The number of ether oxygens (including phenoxy) is 2. The van der Waals surface area contributed by atoms with Crippen LogP contribution in [0.1, 0.15) is 78.2 Å². The third-order valence-corrected chi connectivity index (χ3v) is 4.70. The number of carbonyl (C=O) groups excluding carboxylic acids is 1. The maximum atomic E-state index is 12.6. The highest BCUT2D eigenvalue weighted by Gasteiger charge is 2.23. The van der Waals surface area contributed by atoms with Gasteiger partial charge in [0, 0.05) is 12.3 Å². The van der Waals surface area contributed by atoms with Gasteiger partial charge < -0.3 is 9.47 Å². The molecule has 1 saturated carbocycles. The van der Waals surface area contributed by atoms with Gasteiger partial charge in [-0.3, -0.25) is 4.57 Å². The molecule has 5 nitrogen and oxygen atoms in total. The summed E-state index contributed by atoms with van der Waals surface area (Å²) in [6.07, 6.45) is 7.65. The van der Waals surface area contributed by atoms with Gasteiger partial charge in [-0.25, -0.2) is 9.78 Å². The average molecular weight is 358 g/mol. The van der Waals surface area contributed by atoms with Crippen LogP contribution < -0.4 is 4.74 Å². The highest BCUT2D eigenvalue weighted by Crippen LogP contribution is 2.30. The lowest BCUT2D eigenvalue weighted by molar-refractivity contribution is 0.0544. The quantitative estimate of drug-likeness (QED) is 0.711. The van der Waals surface area contributed by atoms with Crippen LogP contribution in [0.2, 0.25) is 0 Å². The highest BCUT2D eigenvalue weighted by molar-refractivity contribution is 5.90. The van der Waals surface area contributed by atoms with E-state index in [1.54, 1.807) is 4.57 Å². The summed E-state index contributed by atoms with van der Waals surface area (Å²) in [6.45, 7) is 9.81. The highest BCUT2D eigenvalue weighted by atomic mass is 16.6. The van der Waals surface area contributed by atoms with E-state index < -0.39 is 5.60 Å². The van der Waals surface area contributed by atoms with Gasteiger partial charge in [-0.15, -0.1) is 0 Å². The second kappa shape index (κ2) is 7.29. The Morgan fingerprint density at radius 3 is 2.50 bits per heavy atom. The molecule has 142 valence electrons. The van der Waals surface area contributed by atoms with E-state index in [2.05, 4.69) is 13.8 Å². The summed E-state index contributed by atoms with van der Waals surface area (Å²) in [7, 11) is 0. The second-order valence-corrected chi connectivity index (χ2v) is 8.48. The lowest BCUT2D eigenvalue weighted by atomic mass is 9.98. The number of pyridine rings is 1. The predicted molar refractivity (Wildman–Crippen MR) is 103 cm³/mol. The normalized spacial score (nSPS) is 16.2. The molecule has 0 radical (unpaired) electrons. The lowest BCUT2D eigenvalue weighted by Crippen LogP contribution is -2.26. The van der Waals surface area contributed by atoms with Gasteiger partial charge in [-0.1, -0.05) is 20.3 Å². The molecular weight excluding hydrogens is 328 g/mol. The third-order valence-electron chi connectivity index (χ3n) is 4.70. The zero-order valence-corrected chi connectivity index (χ0v) is 16.5. The van der Waals surface area contributed by atoms with Crippen molar-refractivity contribution in [2.75, 3.05) is 0 Å². The van der Waals surface area contributed by atoms with Gasteiger partial charge in [-0.05, 0) is 64.0 Å². The summed E-state index contributed by atoms with van der Waals surface area (Å²) in [5.41, 5.74) is 2.07. The van der Waals surface area contributed by atoms with Crippen LogP contribution in [0, 0.1) is 0 Å². The molecular formula is C21H30N2O3. The van der Waals surface area contributed by atoms with E-state index in [1.807, 2.05) is 39.1 Å². The van der Waals surface area contributed by atoms with Crippen LogP contribution in [0.25, 0.3) is 11.0 Å². The Morgan fingerprint density at radius 1 is 1.19 bits per heavy atom. The van der Waals surface area contributed by atoms with Crippen LogP contribution in [0.3, 0.4) is 0 Å². The van der Waals surface area contributed by atoms with Crippen LogP contribution in [-0.2, 0) is 4.74 Å². The van der Waals surface area contributed by atoms with Gasteiger partial charge in [0.05, 0.1) is 11.0 Å². The van der Waals surface area contributed by atoms with Crippen molar-refractivity contribution in [1.29, 1.82) is 0 Å². The van der Waals surface area contributed by atoms with Crippen molar-refractivity contribution in [2.24, 2.45) is 0 Å². The minimum Gasteiger partial charge on any atom is -0.474 e. The van der Waals surface area contributed by atoms with E-state index >= 15 is 0 Å². The van der Waals surface area contributed by atoms with Gasteiger partial charge in [0.15, 0.2) is 0 Å². The Balaban J connectivity index is 1.94. The number of nitrogens with zero attached hydrogens (tertiary/aromatic N) is 2. The monoisotopic (exact) mass is 358 g/mol. The first-order chi connectivity index (χ1) is 12.2. The number of aromatic nitrogens is 2. The van der Waals surface area contributed by atoms with Crippen LogP contribution in [0.5, 0.6) is 5.88 Å². The number of rotatable bonds is 3. The van der Waals surface area contributed by atoms with Crippen molar-refractivity contribution in [3.05, 3.63) is 23.9 Å². The Morgan fingerprint density at radius 2 is 1.88 bits per heavy atom. The molecule has 1 aliphatic rings. The predicted octanol–water partition coefficient (Wildman–Crippen LogP) is 5.65. The van der Waals surface area contributed by atoms with E-state index in [9.17, 15) is 4.79 Å². The number of carbonyl (C=O) groups is 1. The molecule has 1 fully saturated rings. The zero-order valence-electron chi connectivity index (χ0n) is 16.5. The average Bonchev–Trinajstić information content (AvgIpc) is 2.93. The Kier molecular flexibility index (Phi) is 5.26. The summed E-state index contributed by atoms with van der Waals surface area (Å²) in [5.74, 6) is 0.895. The van der Waals surface area contributed by atoms with Gasteiger partial charge >= 0.3 is 6.09 Å². The molecule has 0 aliphatic heterocycles. The third kappa shape index (κ3) is 4.19. The van der Waals surface area contributed by atoms with E-state index in [0.717, 1.165) is 29.4 Å². The molecule has 0 N–H and O–H groups in total. The molecule has 1 aliphatic carbocycles. The summed E-state index contributed by atoms with van der Waals surface area (Å²) in [5, 5.41) is 0. The number of fused-ring (bicyclic) bond motifs is 1. The van der Waals surface area contributed by atoms with Crippen LogP contribution in [-0.4, -0.2) is 27.3 Å². The molecule has 26 heavy (non-hydrogen) atoms. The maximum absolute atomic E-state index is 12.6. The SMILES string of the molecule is CC(C)c1cn(C(=O)OC(C)(C)C)c2ccc(OC3CCCCC3)nc12. The van der Waals surface area contributed by atoms with E-state index in [0.29, 0.717) is 5.88 Å². The fraction of sp³-hybridized carbons (Fsp3) is 0.619. The van der Waals surface area contributed by atoms with Crippen molar-refractivity contribution in [1.82, 2.24) is 9.55 Å².